The lowest BCUT2D eigenvalue weighted by molar-refractivity contribution is -0.385. The van der Waals surface area contributed by atoms with Crippen molar-refractivity contribution in [3.63, 3.8) is 0 Å². The first kappa shape index (κ1) is 16.2. The van der Waals surface area contributed by atoms with E-state index in [9.17, 15) is 23.6 Å². The SMILES string of the molecule is CC1CCN(S(=O)(=O)c2cc([N+](=O)[O-])ccc2Cl)CC1O. The number of rotatable bonds is 3. The summed E-state index contributed by atoms with van der Waals surface area (Å²) in [6.45, 7) is 2.05. The predicted molar refractivity (Wildman–Crippen MR) is 76.7 cm³/mol. The molecular weight excluding hydrogens is 320 g/mol. The van der Waals surface area contributed by atoms with Crippen LogP contribution in [0.1, 0.15) is 13.3 Å². The van der Waals surface area contributed by atoms with E-state index in [4.69, 9.17) is 11.6 Å². The topological polar surface area (TPSA) is 101 Å². The third-order valence-corrected chi connectivity index (χ3v) is 5.97. The lowest BCUT2D eigenvalue weighted by atomic mass is 9.98. The third kappa shape index (κ3) is 3.18. The molecule has 1 aliphatic rings. The highest BCUT2D eigenvalue weighted by molar-refractivity contribution is 7.89. The van der Waals surface area contributed by atoms with Gasteiger partial charge in [-0.2, -0.15) is 4.31 Å². The van der Waals surface area contributed by atoms with Gasteiger partial charge < -0.3 is 5.11 Å². The number of hydrogen-bond donors (Lipinski definition) is 1. The zero-order valence-electron chi connectivity index (χ0n) is 11.3. The molecule has 7 nitrogen and oxygen atoms in total. The molecule has 116 valence electrons. The largest absolute Gasteiger partial charge is 0.391 e. The van der Waals surface area contributed by atoms with Crippen LogP contribution >= 0.6 is 11.6 Å². The monoisotopic (exact) mass is 334 g/mol. The molecule has 2 unspecified atom stereocenters. The van der Waals surface area contributed by atoms with Crippen molar-refractivity contribution in [2.45, 2.75) is 24.3 Å². The smallest absolute Gasteiger partial charge is 0.270 e. The van der Waals surface area contributed by atoms with E-state index >= 15 is 0 Å². The van der Waals surface area contributed by atoms with Crippen LogP contribution in [-0.2, 0) is 10.0 Å². The Hall–Kier alpha value is -1.22. The Kier molecular flexibility index (Phi) is 4.52. The van der Waals surface area contributed by atoms with Crippen molar-refractivity contribution < 1.29 is 18.4 Å². The maximum atomic E-state index is 12.5. The number of non-ortho nitro benzene ring substituents is 1. The molecule has 0 spiro atoms. The fourth-order valence-corrected chi connectivity index (χ4v) is 4.15. The highest BCUT2D eigenvalue weighted by Gasteiger charge is 2.34. The second kappa shape index (κ2) is 5.88. The Morgan fingerprint density at radius 3 is 2.71 bits per heavy atom. The summed E-state index contributed by atoms with van der Waals surface area (Å²) in [6, 6.07) is 3.28. The van der Waals surface area contributed by atoms with Gasteiger partial charge in [-0.25, -0.2) is 8.42 Å². The predicted octanol–water partition coefficient (Wildman–Crippen LogP) is 1.64. The summed E-state index contributed by atoms with van der Waals surface area (Å²) in [5, 5.41) is 20.5. The van der Waals surface area contributed by atoms with E-state index in [0.717, 1.165) is 16.4 Å². The first-order chi connectivity index (χ1) is 9.73. The molecule has 0 saturated carbocycles. The zero-order valence-corrected chi connectivity index (χ0v) is 12.8. The van der Waals surface area contributed by atoms with Crippen molar-refractivity contribution in [2.24, 2.45) is 5.92 Å². The van der Waals surface area contributed by atoms with Crippen molar-refractivity contribution >= 4 is 27.3 Å². The molecule has 0 aliphatic carbocycles. The number of hydrogen-bond acceptors (Lipinski definition) is 5. The van der Waals surface area contributed by atoms with Crippen LogP contribution in [0.2, 0.25) is 5.02 Å². The average Bonchev–Trinajstić information content (AvgIpc) is 2.41. The second-order valence-corrected chi connectivity index (χ2v) is 7.38. The van der Waals surface area contributed by atoms with Gasteiger partial charge in [-0.15, -0.1) is 0 Å². The molecule has 1 N–H and O–H groups in total. The number of aliphatic hydroxyl groups excluding tert-OH is 1. The van der Waals surface area contributed by atoms with Crippen LogP contribution in [0.4, 0.5) is 5.69 Å². The molecule has 1 heterocycles. The molecule has 0 radical (unpaired) electrons. The summed E-state index contributed by atoms with van der Waals surface area (Å²) in [7, 11) is -3.97. The van der Waals surface area contributed by atoms with Gasteiger partial charge in [0.25, 0.3) is 5.69 Å². The molecule has 21 heavy (non-hydrogen) atoms. The number of nitro benzene ring substituents is 1. The molecule has 0 bridgehead atoms. The lowest BCUT2D eigenvalue weighted by Crippen LogP contribution is -2.45. The van der Waals surface area contributed by atoms with E-state index in [1.807, 2.05) is 6.92 Å². The van der Waals surface area contributed by atoms with Crippen LogP contribution in [-0.4, -0.2) is 41.9 Å². The van der Waals surface area contributed by atoms with Crippen LogP contribution in [0.5, 0.6) is 0 Å². The maximum absolute atomic E-state index is 12.5. The van der Waals surface area contributed by atoms with Gasteiger partial charge in [0, 0.05) is 25.2 Å². The number of nitrogens with zero attached hydrogens (tertiary/aromatic N) is 2. The number of aliphatic hydroxyl groups is 1. The molecule has 1 aromatic rings. The minimum Gasteiger partial charge on any atom is -0.391 e. The van der Waals surface area contributed by atoms with E-state index in [-0.39, 0.29) is 34.6 Å². The summed E-state index contributed by atoms with van der Waals surface area (Å²) in [5.74, 6) is 0.0111. The number of nitro groups is 1. The van der Waals surface area contributed by atoms with Crippen LogP contribution in [0.25, 0.3) is 0 Å². The Balaban J connectivity index is 2.40. The van der Waals surface area contributed by atoms with Crippen LogP contribution in [0, 0.1) is 16.0 Å². The van der Waals surface area contributed by atoms with Gasteiger partial charge in [-0.3, -0.25) is 10.1 Å². The number of β-amino-alcohol motifs (C(OH)–C–C–N with tert-alkyl or cyclic N) is 1. The standard InChI is InChI=1S/C12H15ClN2O5S/c1-8-4-5-14(7-11(8)16)21(19,20)12-6-9(15(17)18)2-3-10(12)13/h2-3,6,8,11,16H,4-5,7H2,1H3. The second-order valence-electron chi connectivity index (χ2n) is 5.07. The average molecular weight is 335 g/mol. The first-order valence-electron chi connectivity index (χ1n) is 6.35. The van der Waals surface area contributed by atoms with E-state index in [2.05, 4.69) is 0 Å². The maximum Gasteiger partial charge on any atom is 0.270 e. The van der Waals surface area contributed by atoms with Gasteiger partial charge in [-0.1, -0.05) is 18.5 Å². The Labute approximate surface area is 127 Å². The molecule has 0 amide bonds. The number of halogens is 1. The van der Waals surface area contributed by atoms with Crippen LogP contribution in [0.3, 0.4) is 0 Å². The van der Waals surface area contributed by atoms with E-state index in [1.165, 1.54) is 6.07 Å². The van der Waals surface area contributed by atoms with Gasteiger partial charge in [0.05, 0.1) is 16.0 Å². The molecule has 1 fully saturated rings. The van der Waals surface area contributed by atoms with Crippen LogP contribution in [0.15, 0.2) is 23.1 Å². The number of piperidine rings is 1. The zero-order chi connectivity index (χ0) is 15.8. The van der Waals surface area contributed by atoms with Gasteiger partial charge in [0.1, 0.15) is 4.90 Å². The summed E-state index contributed by atoms with van der Waals surface area (Å²) < 4.78 is 26.2. The first-order valence-corrected chi connectivity index (χ1v) is 8.17. The molecule has 1 aliphatic heterocycles. The van der Waals surface area contributed by atoms with E-state index < -0.39 is 21.1 Å². The summed E-state index contributed by atoms with van der Waals surface area (Å²) in [6.07, 6.45) is -0.238. The summed E-state index contributed by atoms with van der Waals surface area (Å²) >= 11 is 5.88. The molecule has 1 aromatic carbocycles. The van der Waals surface area contributed by atoms with E-state index in [1.54, 1.807) is 0 Å². The quantitative estimate of drug-likeness (QED) is 0.669. The van der Waals surface area contributed by atoms with Gasteiger partial charge in [-0.05, 0) is 18.4 Å². The van der Waals surface area contributed by atoms with Gasteiger partial charge in [0.15, 0.2) is 0 Å². The number of sulfonamides is 1. The fourth-order valence-electron chi connectivity index (χ4n) is 2.18. The Morgan fingerprint density at radius 2 is 2.14 bits per heavy atom. The highest BCUT2D eigenvalue weighted by atomic mass is 35.5. The molecule has 2 atom stereocenters. The molecular formula is C12H15ClN2O5S. The van der Waals surface area contributed by atoms with Gasteiger partial charge >= 0.3 is 0 Å². The van der Waals surface area contributed by atoms with Gasteiger partial charge in [0.2, 0.25) is 10.0 Å². The van der Waals surface area contributed by atoms with Crippen molar-refractivity contribution in [1.82, 2.24) is 4.31 Å². The van der Waals surface area contributed by atoms with Crippen molar-refractivity contribution in [2.75, 3.05) is 13.1 Å². The Bertz CT molecular complexity index is 664. The minimum atomic E-state index is -3.97. The summed E-state index contributed by atoms with van der Waals surface area (Å²) in [5.41, 5.74) is -0.344. The van der Waals surface area contributed by atoms with Crippen LogP contribution < -0.4 is 0 Å². The van der Waals surface area contributed by atoms with Crippen molar-refractivity contribution in [3.8, 4) is 0 Å². The Morgan fingerprint density at radius 1 is 1.48 bits per heavy atom. The third-order valence-electron chi connectivity index (χ3n) is 3.62. The molecule has 0 aromatic heterocycles. The lowest BCUT2D eigenvalue weighted by Gasteiger charge is -2.33. The summed E-state index contributed by atoms with van der Waals surface area (Å²) in [4.78, 5) is 9.79. The molecule has 2 rings (SSSR count). The highest BCUT2D eigenvalue weighted by Crippen LogP contribution is 2.30. The van der Waals surface area contributed by atoms with Crippen molar-refractivity contribution in [3.05, 3.63) is 33.3 Å². The molecule has 1 saturated heterocycles. The normalized spacial score (nSPS) is 24.0. The van der Waals surface area contributed by atoms with E-state index in [0.29, 0.717) is 6.42 Å². The van der Waals surface area contributed by atoms with Crippen molar-refractivity contribution in [1.29, 1.82) is 0 Å². The molecule has 9 heteroatoms. The number of benzene rings is 1. The fraction of sp³-hybridized carbons (Fsp3) is 0.500. The minimum absolute atomic E-state index is 0.0111.